The summed E-state index contributed by atoms with van der Waals surface area (Å²) in [6, 6.07) is 14.3. The number of hydrogen-bond acceptors (Lipinski definition) is 6. The molecule has 3 aliphatic rings. The minimum absolute atomic E-state index is 0.0549. The van der Waals surface area contributed by atoms with E-state index in [-0.39, 0.29) is 12.2 Å². The number of amides is 1. The summed E-state index contributed by atoms with van der Waals surface area (Å²) in [4.78, 5) is 12.1. The zero-order valence-electron chi connectivity index (χ0n) is 19.7. The summed E-state index contributed by atoms with van der Waals surface area (Å²) in [5, 5.41) is 3.81. The molecule has 1 aromatic heterocycles. The number of carbonyl (C=O) groups excluding carboxylic acids is 1. The first-order valence-electron chi connectivity index (χ1n) is 12.5. The SMILES string of the molecule is Nc1c(-c2ccc(NC(=O)OC3CCC3)cc2)n(C2CCC2)c2ccc(OC3COCOC3)cc12. The maximum Gasteiger partial charge on any atom is 0.411 e. The number of nitrogens with two attached hydrogens (primary N) is 1. The zero-order chi connectivity index (χ0) is 23.8. The number of nitrogen functional groups attached to an aromatic ring is 1. The quantitative estimate of drug-likeness (QED) is 0.489. The molecule has 2 aromatic carbocycles. The van der Waals surface area contributed by atoms with Crippen molar-refractivity contribution in [1.82, 2.24) is 4.57 Å². The molecule has 1 aliphatic heterocycles. The van der Waals surface area contributed by atoms with Crippen LogP contribution >= 0.6 is 0 Å². The molecule has 2 heterocycles. The lowest BCUT2D eigenvalue weighted by Crippen LogP contribution is -2.33. The molecular formula is C27H31N3O5. The lowest BCUT2D eigenvalue weighted by molar-refractivity contribution is -0.143. The highest BCUT2D eigenvalue weighted by atomic mass is 16.7. The van der Waals surface area contributed by atoms with E-state index in [2.05, 4.69) is 16.0 Å². The molecule has 1 saturated heterocycles. The third-order valence-electron chi connectivity index (χ3n) is 7.26. The van der Waals surface area contributed by atoms with Gasteiger partial charge in [0.2, 0.25) is 0 Å². The van der Waals surface area contributed by atoms with Gasteiger partial charge in [-0.2, -0.15) is 0 Å². The summed E-state index contributed by atoms with van der Waals surface area (Å²) in [6.45, 7) is 1.34. The Hall–Kier alpha value is -3.23. The number of hydrogen-bond donors (Lipinski definition) is 2. The Balaban J connectivity index is 1.29. The average Bonchev–Trinajstić information content (AvgIpc) is 3.08. The van der Waals surface area contributed by atoms with Gasteiger partial charge in [0, 0.05) is 22.7 Å². The summed E-state index contributed by atoms with van der Waals surface area (Å²) in [5.41, 5.74) is 11.3. The Kier molecular flexibility index (Phi) is 6.00. The number of fused-ring (bicyclic) bond motifs is 1. The number of aromatic nitrogens is 1. The van der Waals surface area contributed by atoms with Gasteiger partial charge in [-0.3, -0.25) is 5.32 Å². The molecule has 0 spiro atoms. The van der Waals surface area contributed by atoms with Crippen molar-refractivity contribution in [3.63, 3.8) is 0 Å². The van der Waals surface area contributed by atoms with Crippen LogP contribution in [-0.2, 0) is 14.2 Å². The van der Waals surface area contributed by atoms with Gasteiger partial charge in [-0.1, -0.05) is 12.1 Å². The van der Waals surface area contributed by atoms with Crippen LogP contribution in [0.5, 0.6) is 5.75 Å². The van der Waals surface area contributed by atoms with Crippen molar-refractivity contribution >= 4 is 28.4 Å². The Bertz CT molecular complexity index is 1210. The normalized spacial score (nSPS) is 19.2. The van der Waals surface area contributed by atoms with E-state index < -0.39 is 6.09 Å². The maximum atomic E-state index is 12.1. The molecule has 1 amide bonds. The number of nitrogens with one attached hydrogen (secondary N) is 1. The number of carbonyl (C=O) groups is 1. The molecule has 8 heteroatoms. The van der Waals surface area contributed by atoms with Crippen molar-refractivity contribution in [1.29, 1.82) is 0 Å². The molecule has 6 rings (SSSR count). The summed E-state index contributed by atoms with van der Waals surface area (Å²) in [6.07, 6.45) is 6.05. The summed E-state index contributed by atoms with van der Waals surface area (Å²) in [5.74, 6) is 0.755. The van der Waals surface area contributed by atoms with E-state index in [1.165, 1.54) is 6.42 Å². The standard InChI is InChI=1S/C27H31N3O5/c28-25-23-13-21(34-22-14-32-16-33-15-22)11-12-24(23)30(19-3-1-4-19)26(25)17-7-9-18(10-8-17)29-27(31)35-20-5-2-6-20/h7-13,19-20,22H,1-6,14-16,28H2,(H,29,31). The molecule has 35 heavy (non-hydrogen) atoms. The van der Waals surface area contributed by atoms with E-state index >= 15 is 0 Å². The lowest BCUT2D eigenvalue weighted by atomic mass is 9.92. The minimum Gasteiger partial charge on any atom is -0.486 e. The van der Waals surface area contributed by atoms with E-state index in [9.17, 15) is 4.79 Å². The predicted molar refractivity (Wildman–Crippen MR) is 134 cm³/mol. The fourth-order valence-corrected chi connectivity index (χ4v) is 4.94. The van der Waals surface area contributed by atoms with Gasteiger partial charge in [0.1, 0.15) is 24.8 Å². The monoisotopic (exact) mass is 477 g/mol. The van der Waals surface area contributed by atoms with Crippen LogP contribution in [0.1, 0.15) is 44.6 Å². The molecule has 8 nitrogen and oxygen atoms in total. The molecule has 3 aromatic rings. The second-order valence-corrected chi connectivity index (χ2v) is 9.66. The number of ether oxygens (including phenoxy) is 4. The van der Waals surface area contributed by atoms with Crippen molar-refractivity contribution in [2.75, 3.05) is 31.1 Å². The van der Waals surface area contributed by atoms with Crippen molar-refractivity contribution in [3.8, 4) is 17.0 Å². The summed E-state index contributed by atoms with van der Waals surface area (Å²) in [7, 11) is 0. The maximum absolute atomic E-state index is 12.1. The molecule has 3 fully saturated rings. The largest absolute Gasteiger partial charge is 0.486 e. The Morgan fingerprint density at radius 1 is 0.971 bits per heavy atom. The molecule has 3 N–H and O–H groups in total. The predicted octanol–water partition coefficient (Wildman–Crippen LogP) is 5.47. The van der Waals surface area contributed by atoms with Gasteiger partial charge >= 0.3 is 6.09 Å². The van der Waals surface area contributed by atoms with Gasteiger partial charge < -0.3 is 29.2 Å². The summed E-state index contributed by atoms with van der Waals surface area (Å²) >= 11 is 0. The van der Waals surface area contributed by atoms with Crippen LogP contribution in [0.3, 0.4) is 0 Å². The van der Waals surface area contributed by atoms with Crippen molar-refractivity contribution in [3.05, 3.63) is 42.5 Å². The van der Waals surface area contributed by atoms with Gasteiger partial charge in [-0.25, -0.2) is 4.79 Å². The lowest BCUT2D eigenvalue weighted by Gasteiger charge is -2.30. The molecule has 0 bridgehead atoms. The Morgan fingerprint density at radius 3 is 2.37 bits per heavy atom. The van der Waals surface area contributed by atoms with Gasteiger partial charge in [-0.05, 0) is 68.9 Å². The Morgan fingerprint density at radius 2 is 1.71 bits per heavy atom. The highest BCUT2D eigenvalue weighted by Crippen LogP contribution is 2.45. The van der Waals surface area contributed by atoms with Crippen molar-refractivity contribution in [2.45, 2.75) is 56.8 Å². The summed E-state index contributed by atoms with van der Waals surface area (Å²) < 4.78 is 24.6. The van der Waals surface area contributed by atoms with E-state index in [0.717, 1.165) is 65.7 Å². The Labute approximate surface area is 204 Å². The molecule has 0 atom stereocenters. The number of benzene rings is 2. The van der Waals surface area contributed by atoms with Crippen LogP contribution in [-0.4, -0.2) is 42.9 Å². The zero-order valence-corrected chi connectivity index (χ0v) is 19.7. The van der Waals surface area contributed by atoms with E-state index in [0.29, 0.717) is 31.7 Å². The third-order valence-corrected chi connectivity index (χ3v) is 7.26. The van der Waals surface area contributed by atoms with Crippen LogP contribution in [0.4, 0.5) is 16.2 Å². The second kappa shape index (κ2) is 9.43. The van der Waals surface area contributed by atoms with Gasteiger partial charge in [0.25, 0.3) is 0 Å². The van der Waals surface area contributed by atoms with E-state index in [1.807, 2.05) is 36.4 Å². The van der Waals surface area contributed by atoms with Crippen molar-refractivity contribution < 1.29 is 23.7 Å². The smallest absolute Gasteiger partial charge is 0.411 e. The fraction of sp³-hybridized carbons (Fsp3) is 0.444. The molecule has 2 saturated carbocycles. The molecule has 2 aliphatic carbocycles. The number of rotatable bonds is 6. The van der Waals surface area contributed by atoms with Gasteiger partial charge in [0.05, 0.1) is 30.1 Å². The first kappa shape index (κ1) is 22.2. The van der Waals surface area contributed by atoms with Gasteiger partial charge in [0.15, 0.2) is 0 Å². The van der Waals surface area contributed by atoms with Crippen LogP contribution in [0, 0.1) is 0 Å². The first-order chi connectivity index (χ1) is 17.2. The first-order valence-corrected chi connectivity index (χ1v) is 12.5. The van der Waals surface area contributed by atoms with E-state index in [4.69, 9.17) is 24.7 Å². The topological polar surface area (TPSA) is 97.0 Å². The highest BCUT2D eigenvalue weighted by molar-refractivity contribution is 6.02. The minimum atomic E-state index is -0.396. The highest BCUT2D eigenvalue weighted by Gasteiger charge is 2.27. The second-order valence-electron chi connectivity index (χ2n) is 9.66. The van der Waals surface area contributed by atoms with Crippen LogP contribution < -0.4 is 15.8 Å². The molecule has 184 valence electrons. The molecule has 0 radical (unpaired) electrons. The third kappa shape index (κ3) is 4.44. The van der Waals surface area contributed by atoms with Crippen molar-refractivity contribution in [2.24, 2.45) is 0 Å². The fourth-order valence-electron chi connectivity index (χ4n) is 4.94. The molecular weight excluding hydrogens is 446 g/mol. The number of anilines is 2. The van der Waals surface area contributed by atoms with Crippen LogP contribution in [0.25, 0.3) is 22.2 Å². The van der Waals surface area contributed by atoms with Crippen LogP contribution in [0.2, 0.25) is 0 Å². The van der Waals surface area contributed by atoms with E-state index in [1.54, 1.807) is 0 Å². The molecule has 0 unspecified atom stereocenters. The average molecular weight is 478 g/mol. The van der Waals surface area contributed by atoms with Gasteiger partial charge in [-0.15, -0.1) is 0 Å². The van der Waals surface area contributed by atoms with Crippen LogP contribution in [0.15, 0.2) is 42.5 Å². The number of nitrogens with zero attached hydrogens (tertiary/aromatic N) is 1.